The molecule has 7 nitrogen and oxygen atoms in total. The number of morpholine rings is 1. The van der Waals surface area contributed by atoms with Gasteiger partial charge in [-0.3, -0.25) is 9.80 Å². The van der Waals surface area contributed by atoms with Gasteiger partial charge < -0.3 is 18.8 Å². The predicted molar refractivity (Wildman–Crippen MR) is 153 cm³/mol. The van der Waals surface area contributed by atoms with Gasteiger partial charge in [-0.1, -0.05) is 31.2 Å². The van der Waals surface area contributed by atoms with Crippen molar-refractivity contribution in [1.82, 2.24) is 4.90 Å². The number of carbonyl (C=O) groups is 1. The maximum atomic E-state index is 15.4. The van der Waals surface area contributed by atoms with Crippen LogP contribution >= 0.6 is 0 Å². The molecule has 2 atom stereocenters. The monoisotopic (exact) mass is 547 g/mol. The Balaban J connectivity index is 1.15. The first-order valence-electron chi connectivity index (χ1n) is 14.4. The van der Waals surface area contributed by atoms with Gasteiger partial charge in [-0.15, -0.1) is 0 Å². The average Bonchev–Trinajstić information content (AvgIpc) is 3.22. The summed E-state index contributed by atoms with van der Waals surface area (Å²) in [5.41, 5.74) is 3.74. The van der Waals surface area contributed by atoms with Gasteiger partial charge in [0.25, 0.3) is 0 Å². The summed E-state index contributed by atoms with van der Waals surface area (Å²) in [5.74, 6) is 2.69. The standard InChI is InChI=1S/C32H38FN3O4/c1-4-23-5-7-24(8-6-23)17-34-18-26-27(19-34)28(26)20-36(32(37)40-31-15-21(2)39-22(31)3)25-9-10-30(29(33)16-25)35-11-13-38-14-12-35/h5-10,15-16,26-28H,4,11-14,17-20H2,1-3H3. The number of aryl methyl sites for hydroxylation is 3. The molecule has 6 rings (SSSR count). The fourth-order valence-electron chi connectivity index (χ4n) is 6.35. The van der Waals surface area contributed by atoms with E-state index >= 15 is 4.39 Å². The van der Waals surface area contributed by atoms with Gasteiger partial charge in [-0.25, -0.2) is 9.18 Å². The number of fused-ring (bicyclic) bond motifs is 1. The zero-order chi connectivity index (χ0) is 27.8. The molecule has 2 unspecified atom stereocenters. The molecular formula is C32H38FN3O4. The summed E-state index contributed by atoms with van der Waals surface area (Å²) in [6, 6.07) is 15.7. The summed E-state index contributed by atoms with van der Waals surface area (Å²) in [6.45, 7) is 11.7. The topological polar surface area (TPSA) is 58.4 Å². The molecule has 0 radical (unpaired) electrons. The fraction of sp³-hybridized carbons (Fsp3) is 0.469. The molecular weight excluding hydrogens is 509 g/mol. The van der Waals surface area contributed by atoms with Crippen LogP contribution in [0, 0.1) is 37.4 Å². The first kappa shape index (κ1) is 26.8. The molecule has 0 spiro atoms. The van der Waals surface area contributed by atoms with E-state index in [4.69, 9.17) is 13.9 Å². The number of likely N-dealkylation sites (tertiary alicyclic amines) is 1. The second-order valence-electron chi connectivity index (χ2n) is 11.3. The SMILES string of the molecule is CCc1ccc(CN2CC3C(C2)C3CN(C(=O)Oc2cc(C)oc2C)c2ccc(N3CCOCC3)c(F)c2)cc1. The molecule has 3 fully saturated rings. The lowest BCUT2D eigenvalue weighted by Crippen LogP contribution is -2.38. The van der Waals surface area contributed by atoms with Crippen LogP contribution < -0.4 is 14.5 Å². The van der Waals surface area contributed by atoms with E-state index in [9.17, 15) is 4.79 Å². The molecule has 2 aromatic carbocycles. The van der Waals surface area contributed by atoms with Gasteiger partial charge in [0.2, 0.25) is 0 Å². The Hall–Kier alpha value is -3.36. The quantitative estimate of drug-likeness (QED) is 0.354. The summed E-state index contributed by atoms with van der Waals surface area (Å²) >= 11 is 0. The van der Waals surface area contributed by atoms with E-state index in [0.29, 0.717) is 79.2 Å². The Morgan fingerprint density at radius 3 is 2.35 bits per heavy atom. The molecule has 1 aromatic heterocycles. The van der Waals surface area contributed by atoms with Crippen LogP contribution in [0.2, 0.25) is 0 Å². The molecule has 3 heterocycles. The van der Waals surface area contributed by atoms with Crippen LogP contribution in [0.15, 0.2) is 52.9 Å². The number of hydrogen-bond donors (Lipinski definition) is 0. The second-order valence-corrected chi connectivity index (χ2v) is 11.3. The van der Waals surface area contributed by atoms with Crippen molar-refractivity contribution in [2.45, 2.75) is 33.7 Å². The Morgan fingerprint density at radius 2 is 1.73 bits per heavy atom. The summed E-state index contributed by atoms with van der Waals surface area (Å²) < 4.78 is 32.1. The van der Waals surface area contributed by atoms with Crippen molar-refractivity contribution in [1.29, 1.82) is 0 Å². The molecule has 2 saturated heterocycles. The number of anilines is 2. The van der Waals surface area contributed by atoms with Crippen molar-refractivity contribution in [2.75, 3.05) is 55.7 Å². The number of furan rings is 1. The van der Waals surface area contributed by atoms with Crippen LogP contribution in [0.1, 0.15) is 29.6 Å². The number of rotatable bonds is 8. The molecule has 0 N–H and O–H groups in total. The van der Waals surface area contributed by atoms with Crippen molar-refractivity contribution in [3.63, 3.8) is 0 Å². The van der Waals surface area contributed by atoms with E-state index < -0.39 is 6.09 Å². The van der Waals surface area contributed by atoms with Crippen LogP contribution in [0.4, 0.5) is 20.6 Å². The highest BCUT2D eigenvalue weighted by molar-refractivity contribution is 5.89. The van der Waals surface area contributed by atoms with E-state index in [2.05, 4.69) is 36.1 Å². The maximum Gasteiger partial charge on any atom is 0.419 e. The van der Waals surface area contributed by atoms with E-state index in [0.717, 1.165) is 26.1 Å². The first-order valence-corrected chi connectivity index (χ1v) is 14.4. The molecule has 212 valence electrons. The minimum Gasteiger partial charge on any atom is -0.463 e. The van der Waals surface area contributed by atoms with E-state index in [1.807, 2.05) is 17.9 Å². The molecule has 1 aliphatic carbocycles. The lowest BCUT2D eigenvalue weighted by Gasteiger charge is -2.30. The van der Waals surface area contributed by atoms with Crippen molar-refractivity contribution >= 4 is 17.5 Å². The largest absolute Gasteiger partial charge is 0.463 e. The number of hydrogen-bond acceptors (Lipinski definition) is 6. The number of halogens is 1. The zero-order valence-corrected chi connectivity index (χ0v) is 23.6. The molecule has 1 amide bonds. The first-order chi connectivity index (χ1) is 19.4. The number of piperidine rings is 1. The number of nitrogens with zero attached hydrogens (tertiary/aromatic N) is 3. The van der Waals surface area contributed by atoms with Crippen molar-refractivity contribution in [3.8, 4) is 5.75 Å². The Bertz CT molecular complexity index is 1340. The third-order valence-corrected chi connectivity index (χ3v) is 8.69. The lowest BCUT2D eigenvalue weighted by atomic mass is 10.1. The highest BCUT2D eigenvalue weighted by Crippen LogP contribution is 2.52. The van der Waals surface area contributed by atoms with Gasteiger partial charge >= 0.3 is 6.09 Å². The van der Waals surface area contributed by atoms with Crippen LogP contribution in [-0.2, 0) is 17.7 Å². The minimum atomic E-state index is -0.514. The summed E-state index contributed by atoms with van der Waals surface area (Å²) in [6.07, 6.45) is 0.536. The van der Waals surface area contributed by atoms with Gasteiger partial charge in [-0.2, -0.15) is 0 Å². The number of benzene rings is 2. The Morgan fingerprint density at radius 1 is 1.02 bits per heavy atom. The highest BCUT2D eigenvalue weighted by Gasteiger charge is 2.56. The van der Waals surface area contributed by atoms with Gasteiger partial charge in [0, 0.05) is 45.3 Å². The van der Waals surface area contributed by atoms with Crippen LogP contribution in [-0.4, -0.2) is 56.9 Å². The Kier molecular flexibility index (Phi) is 7.55. The normalized spacial score (nSPS) is 22.3. The van der Waals surface area contributed by atoms with E-state index in [-0.39, 0.29) is 5.82 Å². The van der Waals surface area contributed by atoms with Crippen molar-refractivity contribution < 1.29 is 23.1 Å². The summed E-state index contributed by atoms with van der Waals surface area (Å²) in [7, 11) is 0. The van der Waals surface area contributed by atoms with E-state index in [1.165, 1.54) is 17.2 Å². The minimum absolute atomic E-state index is 0.344. The smallest absolute Gasteiger partial charge is 0.419 e. The number of carbonyl (C=O) groups excluding carboxylic acids is 1. The van der Waals surface area contributed by atoms with Crippen LogP contribution in [0.3, 0.4) is 0 Å². The third kappa shape index (κ3) is 5.60. The molecule has 3 aliphatic rings. The number of ether oxygens (including phenoxy) is 2. The molecule has 0 bridgehead atoms. The number of amides is 1. The van der Waals surface area contributed by atoms with Crippen LogP contribution in [0.25, 0.3) is 0 Å². The molecule has 2 aliphatic heterocycles. The zero-order valence-electron chi connectivity index (χ0n) is 23.6. The van der Waals surface area contributed by atoms with Gasteiger partial charge in [0.1, 0.15) is 17.3 Å². The lowest BCUT2D eigenvalue weighted by molar-refractivity contribution is 0.122. The van der Waals surface area contributed by atoms with Crippen molar-refractivity contribution in [3.05, 3.63) is 77.0 Å². The molecule has 8 heteroatoms. The third-order valence-electron chi connectivity index (χ3n) is 8.69. The predicted octanol–water partition coefficient (Wildman–Crippen LogP) is 5.82. The second kappa shape index (κ2) is 11.3. The summed E-state index contributed by atoms with van der Waals surface area (Å²) in [5, 5.41) is 0. The molecule has 3 aromatic rings. The van der Waals surface area contributed by atoms with Gasteiger partial charge in [-0.05, 0) is 67.3 Å². The average molecular weight is 548 g/mol. The van der Waals surface area contributed by atoms with E-state index in [1.54, 1.807) is 24.0 Å². The molecule has 40 heavy (non-hydrogen) atoms. The van der Waals surface area contributed by atoms with Crippen molar-refractivity contribution in [2.24, 2.45) is 17.8 Å². The molecule has 1 saturated carbocycles. The summed E-state index contributed by atoms with van der Waals surface area (Å²) in [4.78, 5) is 19.6. The highest BCUT2D eigenvalue weighted by atomic mass is 19.1. The maximum absolute atomic E-state index is 15.4. The fourth-order valence-corrected chi connectivity index (χ4v) is 6.35. The Labute approximate surface area is 235 Å². The van der Waals surface area contributed by atoms with Gasteiger partial charge in [0.05, 0.1) is 24.6 Å². The van der Waals surface area contributed by atoms with Crippen LogP contribution in [0.5, 0.6) is 5.75 Å². The van der Waals surface area contributed by atoms with Gasteiger partial charge in [0.15, 0.2) is 5.75 Å².